The number of unbranched alkanes of at least 4 members (excludes halogenated alkanes) is 2. The third kappa shape index (κ3) is 5.88. The van der Waals surface area contributed by atoms with E-state index in [0.717, 1.165) is 112 Å². The molecule has 0 fully saturated rings. The van der Waals surface area contributed by atoms with Crippen molar-refractivity contribution in [3.63, 3.8) is 0 Å². The number of allylic oxidation sites excluding steroid dienone is 7. The molecule has 11 heteroatoms. The molecule has 0 spiro atoms. The van der Waals surface area contributed by atoms with E-state index in [-0.39, 0.29) is 18.3 Å². The molecule has 0 saturated carbocycles. The Balaban J connectivity index is 1.67. The zero-order valence-electron chi connectivity index (χ0n) is 28.0. The Morgan fingerprint density at radius 2 is 1.58 bits per heavy atom. The first-order chi connectivity index (χ1) is 22.9. The van der Waals surface area contributed by atoms with Crippen LogP contribution in [0.25, 0.3) is 15.8 Å². The molecule has 5 heterocycles. The largest absolute Gasteiger partial charge is 0.511 e. The molecule has 4 aliphatic heterocycles. The van der Waals surface area contributed by atoms with Gasteiger partial charge in [0.1, 0.15) is 5.76 Å². The summed E-state index contributed by atoms with van der Waals surface area (Å²) in [5.41, 5.74) is 12.0. The van der Waals surface area contributed by atoms with Crippen LogP contribution in [0.15, 0.2) is 80.5 Å². The number of fused-ring (bicyclic) bond motifs is 5. The second-order valence-electron chi connectivity index (χ2n) is 12.7. The lowest BCUT2D eigenvalue weighted by Crippen LogP contribution is -2.24. The summed E-state index contributed by atoms with van der Waals surface area (Å²) in [6.07, 6.45) is 4.31. The summed E-state index contributed by atoms with van der Waals surface area (Å²) in [6, 6.07) is 1.95. The van der Waals surface area contributed by atoms with Crippen molar-refractivity contribution in [2.45, 2.75) is 92.6 Å². The molecule has 1 aromatic rings. The number of H-pyrrole nitrogens is 1. The SMILES string of the molecule is CCCCCOC(C)C1=C(C)C2=NC1=C(Br)C1=NC(=C(Br)c3cc4c([nH]3)=C(CC=4O)C3=NC(=C2Br)C(C)=C3CCC(=O)O)C(CC)=C1C. The van der Waals surface area contributed by atoms with Crippen LogP contribution in [0.4, 0.5) is 0 Å². The first-order valence-corrected chi connectivity index (χ1v) is 18.8. The van der Waals surface area contributed by atoms with Gasteiger partial charge in [0.2, 0.25) is 0 Å². The number of carboxylic acid groups (broad SMARTS) is 1. The van der Waals surface area contributed by atoms with Crippen LogP contribution >= 0.6 is 47.8 Å². The van der Waals surface area contributed by atoms with Crippen molar-refractivity contribution in [1.29, 1.82) is 0 Å². The van der Waals surface area contributed by atoms with E-state index in [4.69, 9.17) is 19.7 Å². The molecule has 1 aliphatic carbocycles. The number of aliphatic imine (C=N–C) groups is 3. The Labute approximate surface area is 305 Å². The minimum Gasteiger partial charge on any atom is -0.511 e. The number of aliphatic carboxylic acids is 1. The van der Waals surface area contributed by atoms with Crippen LogP contribution in [0.1, 0.15) is 92.2 Å². The van der Waals surface area contributed by atoms with E-state index in [1.165, 1.54) is 0 Å². The number of nitrogens with one attached hydrogen (secondary N) is 1. The van der Waals surface area contributed by atoms with Gasteiger partial charge in [-0.05, 0) is 129 Å². The monoisotopic (exact) mass is 840 g/mol. The van der Waals surface area contributed by atoms with E-state index in [1.54, 1.807) is 0 Å². The maximum absolute atomic E-state index is 11.8. The highest BCUT2D eigenvalue weighted by Crippen LogP contribution is 2.45. The van der Waals surface area contributed by atoms with Crippen molar-refractivity contribution in [3.8, 4) is 0 Å². The molecular formula is C37H39Br3N4O4. The summed E-state index contributed by atoms with van der Waals surface area (Å²) in [4.78, 5) is 31.0. The Hall–Kier alpha value is -2.86. The van der Waals surface area contributed by atoms with Crippen LogP contribution in [0.3, 0.4) is 0 Å². The molecule has 252 valence electrons. The van der Waals surface area contributed by atoms with Gasteiger partial charge in [0.25, 0.3) is 0 Å². The second-order valence-corrected chi connectivity index (χ2v) is 15.0. The maximum Gasteiger partial charge on any atom is 0.303 e. The van der Waals surface area contributed by atoms with E-state index in [2.05, 4.69) is 87.4 Å². The van der Waals surface area contributed by atoms with Crippen LogP contribution in [0.2, 0.25) is 0 Å². The number of nitrogens with zero attached hydrogens (tertiary/aromatic N) is 3. The van der Waals surface area contributed by atoms with E-state index in [1.807, 2.05) is 13.0 Å². The minimum absolute atomic E-state index is 0.0393. The topological polar surface area (TPSA) is 120 Å². The van der Waals surface area contributed by atoms with Gasteiger partial charge in [-0.15, -0.1) is 0 Å². The minimum atomic E-state index is -0.878. The van der Waals surface area contributed by atoms with Gasteiger partial charge >= 0.3 is 5.97 Å². The normalized spacial score (nSPS) is 19.9. The molecule has 0 saturated heterocycles. The molecule has 0 aromatic carbocycles. The second kappa shape index (κ2) is 13.8. The van der Waals surface area contributed by atoms with Crippen molar-refractivity contribution in [2.24, 2.45) is 15.0 Å². The lowest BCUT2D eigenvalue weighted by molar-refractivity contribution is -0.136. The number of ether oxygens (including phenoxy) is 1. The molecule has 0 radical (unpaired) electrons. The lowest BCUT2D eigenvalue weighted by Gasteiger charge is -2.18. The Kier molecular flexibility index (Phi) is 10.1. The van der Waals surface area contributed by atoms with Crippen LogP contribution < -0.4 is 10.6 Å². The zero-order valence-corrected chi connectivity index (χ0v) is 32.8. The number of aliphatic hydroxyl groups excluding tert-OH is 1. The third-order valence-electron chi connectivity index (χ3n) is 9.67. The molecule has 6 rings (SSSR count). The first-order valence-electron chi connectivity index (χ1n) is 16.5. The summed E-state index contributed by atoms with van der Waals surface area (Å²) in [7, 11) is 0. The predicted molar refractivity (Wildman–Crippen MR) is 204 cm³/mol. The molecule has 48 heavy (non-hydrogen) atoms. The molecule has 1 atom stereocenters. The third-order valence-corrected chi connectivity index (χ3v) is 12.0. The highest BCUT2D eigenvalue weighted by atomic mass is 79.9. The number of carbonyl (C=O) groups is 1. The van der Waals surface area contributed by atoms with Gasteiger partial charge in [0.05, 0.1) is 64.8 Å². The highest BCUT2D eigenvalue weighted by Gasteiger charge is 2.36. The van der Waals surface area contributed by atoms with Gasteiger partial charge < -0.3 is 19.9 Å². The zero-order chi connectivity index (χ0) is 34.6. The summed E-state index contributed by atoms with van der Waals surface area (Å²) in [5, 5.41) is 22.3. The summed E-state index contributed by atoms with van der Waals surface area (Å²) < 4.78 is 8.72. The average Bonchev–Trinajstić information content (AvgIpc) is 3.85. The number of aliphatic hydroxyl groups is 1. The van der Waals surface area contributed by atoms with Crippen LogP contribution in [-0.2, 0) is 9.53 Å². The summed E-state index contributed by atoms with van der Waals surface area (Å²) in [6.45, 7) is 13.2. The number of rotatable bonds is 10. The van der Waals surface area contributed by atoms with Crippen LogP contribution in [0.5, 0.6) is 0 Å². The van der Waals surface area contributed by atoms with E-state index in [0.29, 0.717) is 36.1 Å². The van der Waals surface area contributed by atoms with Crippen LogP contribution in [0, 0.1) is 0 Å². The fourth-order valence-electron chi connectivity index (χ4n) is 7.07. The van der Waals surface area contributed by atoms with Gasteiger partial charge in [-0.1, -0.05) is 26.7 Å². The standard InChI is InChI=1S/C37H39Br3N4O4/c1-7-9-10-13-48-19(6)27-18(5)33-29(39)32-17(4)21(11-12-26(46)47)34(42-32)23-15-25(45)22-14-24(41-35(22)23)28(38)36-20(8-2)16(3)31(43-36)30(40)37(27)44-33/h14,19,41,45H,7-13,15H2,1-6H3,(H,46,47). The molecule has 8 bridgehead atoms. The van der Waals surface area contributed by atoms with E-state index in [9.17, 15) is 15.0 Å². The van der Waals surface area contributed by atoms with Crippen LogP contribution in [-0.4, -0.2) is 51.0 Å². The predicted octanol–water partition coefficient (Wildman–Crippen LogP) is 8.71. The van der Waals surface area contributed by atoms with Gasteiger partial charge in [0.15, 0.2) is 0 Å². The first kappa shape index (κ1) is 35.0. The number of hydrogen-bond donors (Lipinski definition) is 3. The van der Waals surface area contributed by atoms with Crippen molar-refractivity contribution in [2.75, 3.05) is 6.61 Å². The summed E-state index contributed by atoms with van der Waals surface area (Å²) in [5.74, 6) is -0.635. The molecule has 0 amide bonds. The van der Waals surface area contributed by atoms with Crippen molar-refractivity contribution in [3.05, 3.63) is 81.8 Å². The van der Waals surface area contributed by atoms with Crippen molar-refractivity contribution < 1.29 is 19.7 Å². The van der Waals surface area contributed by atoms with E-state index < -0.39 is 5.97 Å². The highest BCUT2D eigenvalue weighted by molar-refractivity contribution is 9.15. The Morgan fingerprint density at radius 1 is 0.917 bits per heavy atom. The number of aromatic nitrogens is 1. The molecule has 8 nitrogen and oxygen atoms in total. The van der Waals surface area contributed by atoms with Gasteiger partial charge in [-0.3, -0.25) is 4.79 Å². The van der Waals surface area contributed by atoms with E-state index >= 15 is 0 Å². The number of carboxylic acids is 1. The van der Waals surface area contributed by atoms with Gasteiger partial charge in [0, 0.05) is 35.8 Å². The number of halogens is 3. The lowest BCUT2D eigenvalue weighted by atomic mass is 9.94. The Morgan fingerprint density at radius 3 is 2.27 bits per heavy atom. The van der Waals surface area contributed by atoms with Gasteiger partial charge in [-0.2, -0.15) is 0 Å². The molecule has 3 N–H and O–H groups in total. The van der Waals surface area contributed by atoms with Gasteiger partial charge in [-0.25, -0.2) is 15.0 Å². The average molecular weight is 843 g/mol. The smallest absolute Gasteiger partial charge is 0.303 e. The fraction of sp³-hybridized carbons (Fsp3) is 0.405. The van der Waals surface area contributed by atoms with Crippen molar-refractivity contribution >= 4 is 86.7 Å². The quantitative estimate of drug-likeness (QED) is 0.204. The molecule has 1 aromatic heterocycles. The van der Waals surface area contributed by atoms with Crippen molar-refractivity contribution in [1.82, 2.24) is 4.98 Å². The molecule has 5 aliphatic rings. The molecule has 1 unspecified atom stereocenters. The number of aromatic amines is 1. The summed E-state index contributed by atoms with van der Waals surface area (Å²) >= 11 is 11.8. The maximum atomic E-state index is 11.8. The molecular weight excluding hydrogens is 804 g/mol. The number of hydrogen-bond acceptors (Lipinski definition) is 6. The Bertz CT molecular complexity index is 2080. The fourth-order valence-corrected chi connectivity index (χ4v) is 9.08.